The van der Waals surface area contributed by atoms with E-state index in [0.29, 0.717) is 6.42 Å². The van der Waals surface area contributed by atoms with Gasteiger partial charge in [-0.25, -0.2) is 0 Å². The lowest BCUT2D eigenvalue weighted by Crippen LogP contribution is -2.32. The smallest absolute Gasteiger partial charge is 0.313 e. The predicted molar refractivity (Wildman–Crippen MR) is 93.4 cm³/mol. The Morgan fingerprint density at radius 1 is 0.958 bits per heavy atom. The largest absolute Gasteiger partial charge is 0.455 e. The third-order valence-corrected chi connectivity index (χ3v) is 3.92. The van der Waals surface area contributed by atoms with Crippen molar-refractivity contribution in [1.82, 2.24) is 5.32 Å². The van der Waals surface area contributed by atoms with Crippen LogP contribution in [0.2, 0.25) is 0 Å². The molecule has 2 aromatic carbocycles. The van der Waals surface area contributed by atoms with Crippen LogP contribution < -0.4 is 5.32 Å². The number of amides is 1. The van der Waals surface area contributed by atoms with E-state index in [1.807, 2.05) is 74.5 Å². The molecule has 0 bridgehead atoms. The number of benzene rings is 2. The van der Waals surface area contributed by atoms with Crippen molar-refractivity contribution in [3.05, 3.63) is 71.8 Å². The van der Waals surface area contributed by atoms with Gasteiger partial charge in [0.1, 0.15) is 0 Å². The van der Waals surface area contributed by atoms with Gasteiger partial charge >= 0.3 is 5.97 Å². The summed E-state index contributed by atoms with van der Waals surface area (Å²) >= 11 is 0. The first kappa shape index (κ1) is 17.7. The van der Waals surface area contributed by atoms with Gasteiger partial charge in [0, 0.05) is 0 Å². The summed E-state index contributed by atoms with van der Waals surface area (Å²) in [5.74, 6) is -1.01. The van der Waals surface area contributed by atoms with E-state index in [2.05, 4.69) is 5.32 Å². The molecule has 0 fully saturated rings. The van der Waals surface area contributed by atoms with Gasteiger partial charge in [-0.2, -0.15) is 0 Å². The van der Waals surface area contributed by atoms with Crippen LogP contribution in [-0.4, -0.2) is 18.5 Å². The minimum absolute atomic E-state index is 0.131. The van der Waals surface area contributed by atoms with Gasteiger partial charge in [-0.3, -0.25) is 9.59 Å². The molecule has 0 radical (unpaired) electrons. The summed E-state index contributed by atoms with van der Waals surface area (Å²) in [5.41, 5.74) is 1.91. The van der Waals surface area contributed by atoms with Crippen LogP contribution in [0.3, 0.4) is 0 Å². The SMILES string of the molecule is CC[C@@H](C(=O)OCC(=O)N[C@@H](C)c1ccccc1)c1ccccc1. The lowest BCUT2D eigenvalue weighted by atomic mass is 9.97. The summed E-state index contributed by atoms with van der Waals surface area (Å²) in [6.07, 6.45) is 0.630. The average molecular weight is 325 g/mol. The van der Waals surface area contributed by atoms with E-state index >= 15 is 0 Å². The molecule has 1 amide bonds. The first-order valence-corrected chi connectivity index (χ1v) is 8.17. The van der Waals surface area contributed by atoms with Crippen LogP contribution in [-0.2, 0) is 14.3 Å². The van der Waals surface area contributed by atoms with Gasteiger partial charge in [-0.15, -0.1) is 0 Å². The molecule has 0 unspecified atom stereocenters. The molecule has 2 rings (SSSR count). The average Bonchev–Trinajstić information content (AvgIpc) is 2.62. The number of hydrogen-bond donors (Lipinski definition) is 1. The molecule has 2 aromatic rings. The van der Waals surface area contributed by atoms with Gasteiger partial charge in [0.25, 0.3) is 5.91 Å². The highest BCUT2D eigenvalue weighted by molar-refractivity contribution is 5.83. The second kappa shape index (κ2) is 8.87. The topological polar surface area (TPSA) is 55.4 Å². The predicted octanol–water partition coefficient (Wildman–Crippen LogP) is 3.60. The maximum absolute atomic E-state index is 12.2. The third kappa shape index (κ3) is 4.95. The molecule has 0 spiro atoms. The summed E-state index contributed by atoms with van der Waals surface area (Å²) in [4.78, 5) is 24.2. The van der Waals surface area contributed by atoms with Gasteiger partial charge in [0.2, 0.25) is 0 Å². The van der Waals surface area contributed by atoms with Crippen LogP contribution in [0.15, 0.2) is 60.7 Å². The third-order valence-electron chi connectivity index (χ3n) is 3.92. The van der Waals surface area contributed by atoms with Crippen molar-refractivity contribution in [2.45, 2.75) is 32.2 Å². The molecule has 4 nitrogen and oxygen atoms in total. The van der Waals surface area contributed by atoms with Crippen molar-refractivity contribution < 1.29 is 14.3 Å². The molecule has 2 atom stereocenters. The zero-order valence-electron chi connectivity index (χ0n) is 14.1. The molecular formula is C20H23NO3. The van der Waals surface area contributed by atoms with Crippen LogP contribution in [0.5, 0.6) is 0 Å². The molecule has 24 heavy (non-hydrogen) atoms. The van der Waals surface area contributed by atoms with Crippen LogP contribution in [0, 0.1) is 0 Å². The molecule has 126 valence electrons. The number of hydrogen-bond acceptors (Lipinski definition) is 3. The second-order valence-electron chi connectivity index (χ2n) is 5.68. The lowest BCUT2D eigenvalue weighted by Gasteiger charge is -2.16. The van der Waals surface area contributed by atoms with Gasteiger partial charge in [0.05, 0.1) is 12.0 Å². The summed E-state index contributed by atoms with van der Waals surface area (Å²) in [5, 5.41) is 2.83. The van der Waals surface area contributed by atoms with Crippen LogP contribution in [0.25, 0.3) is 0 Å². The number of carbonyl (C=O) groups is 2. The molecule has 0 aliphatic heterocycles. The van der Waals surface area contributed by atoms with Crippen LogP contribution in [0.4, 0.5) is 0 Å². The number of esters is 1. The Kier molecular flexibility index (Phi) is 6.55. The van der Waals surface area contributed by atoms with Crippen molar-refractivity contribution in [1.29, 1.82) is 0 Å². The fourth-order valence-corrected chi connectivity index (χ4v) is 2.57. The molecule has 0 saturated carbocycles. The molecule has 0 heterocycles. The Hall–Kier alpha value is -2.62. The van der Waals surface area contributed by atoms with Gasteiger partial charge in [0.15, 0.2) is 6.61 Å². The quantitative estimate of drug-likeness (QED) is 0.791. The molecule has 0 aliphatic carbocycles. The van der Waals surface area contributed by atoms with E-state index in [4.69, 9.17) is 4.74 Å². The number of nitrogens with one attached hydrogen (secondary N) is 1. The lowest BCUT2D eigenvalue weighted by molar-refractivity contribution is -0.150. The Labute approximate surface area is 142 Å². The van der Waals surface area contributed by atoms with Crippen LogP contribution in [0.1, 0.15) is 43.4 Å². The monoisotopic (exact) mass is 325 g/mol. The van der Waals surface area contributed by atoms with Crippen molar-refractivity contribution in [2.24, 2.45) is 0 Å². The Bertz CT molecular complexity index is 655. The van der Waals surface area contributed by atoms with Crippen molar-refractivity contribution in [3.8, 4) is 0 Å². The maximum atomic E-state index is 12.2. The maximum Gasteiger partial charge on any atom is 0.313 e. The second-order valence-corrected chi connectivity index (χ2v) is 5.68. The number of rotatable bonds is 7. The van der Waals surface area contributed by atoms with E-state index in [1.54, 1.807) is 0 Å². The fourth-order valence-electron chi connectivity index (χ4n) is 2.57. The highest BCUT2D eigenvalue weighted by atomic mass is 16.5. The first-order chi connectivity index (χ1) is 11.6. The standard InChI is InChI=1S/C20H23NO3/c1-3-18(17-12-8-5-9-13-17)20(23)24-14-19(22)21-15(2)16-10-6-4-7-11-16/h4-13,15,18H,3,14H2,1-2H3,(H,21,22)/t15-,18+/m0/s1. The summed E-state index contributed by atoms with van der Waals surface area (Å²) in [7, 11) is 0. The molecule has 0 saturated heterocycles. The normalized spacial score (nSPS) is 12.9. The highest BCUT2D eigenvalue weighted by Crippen LogP contribution is 2.20. The highest BCUT2D eigenvalue weighted by Gasteiger charge is 2.21. The van der Waals surface area contributed by atoms with Crippen molar-refractivity contribution >= 4 is 11.9 Å². The summed E-state index contributed by atoms with van der Waals surface area (Å²) in [6, 6.07) is 19.0. The minimum Gasteiger partial charge on any atom is -0.455 e. The Morgan fingerprint density at radius 2 is 1.50 bits per heavy atom. The van der Waals surface area contributed by atoms with Crippen LogP contribution >= 0.6 is 0 Å². The fraction of sp³-hybridized carbons (Fsp3) is 0.300. The zero-order valence-corrected chi connectivity index (χ0v) is 14.1. The number of ether oxygens (including phenoxy) is 1. The molecular weight excluding hydrogens is 302 g/mol. The molecule has 4 heteroatoms. The summed E-state index contributed by atoms with van der Waals surface area (Å²) in [6.45, 7) is 3.56. The number of carbonyl (C=O) groups excluding carboxylic acids is 2. The van der Waals surface area contributed by atoms with E-state index in [-0.39, 0.29) is 30.4 Å². The molecule has 0 aliphatic rings. The first-order valence-electron chi connectivity index (χ1n) is 8.17. The zero-order chi connectivity index (χ0) is 17.4. The summed E-state index contributed by atoms with van der Waals surface area (Å²) < 4.78 is 5.20. The molecule has 0 aromatic heterocycles. The van der Waals surface area contributed by atoms with E-state index in [0.717, 1.165) is 11.1 Å². The Balaban J connectivity index is 1.85. The Morgan fingerprint density at radius 3 is 2.04 bits per heavy atom. The molecule has 1 N–H and O–H groups in total. The van der Waals surface area contributed by atoms with Crippen molar-refractivity contribution in [3.63, 3.8) is 0 Å². The van der Waals surface area contributed by atoms with Crippen molar-refractivity contribution in [2.75, 3.05) is 6.61 Å². The van der Waals surface area contributed by atoms with E-state index < -0.39 is 0 Å². The van der Waals surface area contributed by atoms with Gasteiger partial charge in [-0.05, 0) is 24.5 Å². The minimum atomic E-state index is -0.369. The van der Waals surface area contributed by atoms with E-state index in [9.17, 15) is 9.59 Å². The van der Waals surface area contributed by atoms with Gasteiger partial charge in [-0.1, -0.05) is 67.6 Å². The van der Waals surface area contributed by atoms with E-state index in [1.165, 1.54) is 0 Å². The van der Waals surface area contributed by atoms with Gasteiger partial charge < -0.3 is 10.1 Å².